The van der Waals surface area contributed by atoms with Gasteiger partial charge in [-0.1, -0.05) is 0 Å². The summed E-state index contributed by atoms with van der Waals surface area (Å²) in [6.45, 7) is 2.34. The Morgan fingerprint density at radius 3 is 2.71 bits per heavy atom. The third kappa shape index (κ3) is 3.61. The van der Waals surface area contributed by atoms with Crippen LogP contribution in [0.4, 0.5) is 17.6 Å². The number of nitrogens with zero attached hydrogens (tertiary/aromatic N) is 4. The zero-order chi connectivity index (χ0) is 24.4. The lowest BCUT2D eigenvalue weighted by Gasteiger charge is -2.32. The van der Waals surface area contributed by atoms with Gasteiger partial charge in [0.25, 0.3) is 5.91 Å². The van der Waals surface area contributed by atoms with E-state index in [1.807, 2.05) is 0 Å². The molecule has 1 atom stereocenters. The topological polar surface area (TPSA) is 121 Å². The monoisotopic (exact) mass is 479 g/mol. The Morgan fingerprint density at radius 1 is 1.24 bits per heavy atom. The molecule has 0 saturated carbocycles. The molecular formula is C21H17F4N5O4. The average molecular weight is 479 g/mol. The van der Waals surface area contributed by atoms with E-state index in [9.17, 15) is 27.5 Å². The molecule has 0 fully saturated rings. The van der Waals surface area contributed by atoms with Crippen LogP contribution in [0.3, 0.4) is 0 Å². The number of aromatic nitrogens is 4. The van der Waals surface area contributed by atoms with Crippen molar-refractivity contribution < 1.29 is 36.3 Å². The highest BCUT2D eigenvalue weighted by molar-refractivity contribution is 5.93. The summed E-state index contributed by atoms with van der Waals surface area (Å²) in [6.07, 6.45) is -3.37. The zero-order valence-electron chi connectivity index (χ0n) is 17.8. The van der Waals surface area contributed by atoms with Crippen molar-refractivity contribution >= 4 is 17.0 Å². The van der Waals surface area contributed by atoms with Crippen LogP contribution in [0, 0.1) is 5.82 Å². The summed E-state index contributed by atoms with van der Waals surface area (Å²) in [4.78, 5) is 29.3. The number of amides is 1. The van der Waals surface area contributed by atoms with Crippen molar-refractivity contribution in [1.29, 1.82) is 0 Å². The van der Waals surface area contributed by atoms with Crippen LogP contribution in [-0.4, -0.2) is 42.4 Å². The first-order valence-electron chi connectivity index (χ1n) is 10.1. The third-order valence-corrected chi connectivity index (χ3v) is 5.40. The number of rotatable bonds is 3. The maximum atomic E-state index is 13.7. The molecule has 0 unspecified atom stereocenters. The van der Waals surface area contributed by atoms with Crippen molar-refractivity contribution in [2.75, 3.05) is 6.54 Å². The number of aromatic amines is 1. The molecule has 1 aromatic carbocycles. The number of carbonyl (C=O) groups excluding carboxylic acids is 1. The number of hydrogen-bond acceptors (Lipinski definition) is 7. The lowest BCUT2D eigenvalue weighted by Crippen LogP contribution is -2.41. The standard InChI is InChI=1S/C21H17F4N5O4/c1-20(2,32)19-29-16(21(23,24)25)15(34-19)18(31)30-6-5-10-13(27-8-26-10)14(30)17-28-11-7-9(22)3-4-12(11)33-17/h3-4,7-8,14,32H,5-6H2,1-2H3,(H,26,27)/t14-/m0/s1. The minimum Gasteiger partial charge on any atom is -0.438 e. The molecule has 1 amide bonds. The number of H-pyrrole nitrogens is 1. The number of hydrogen-bond donors (Lipinski definition) is 2. The van der Waals surface area contributed by atoms with E-state index < -0.39 is 46.9 Å². The van der Waals surface area contributed by atoms with E-state index in [-0.39, 0.29) is 30.0 Å². The summed E-state index contributed by atoms with van der Waals surface area (Å²) >= 11 is 0. The van der Waals surface area contributed by atoms with Gasteiger partial charge >= 0.3 is 6.18 Å². The van der Waals surface area contributed by atoms with E-state index in [0.717, 1.165) is 11.0 Å². The van der Waals surface area contributed by atoms with Gasteiger partial charge in [0, 0.05) is 24.7 Å². The molecule has 3 aromatic heterocycles. The molecule has 1 aliphatic rings. The Bertz CT molecular complexity index is 1400. The molecule has 9 nitrogen and oxygen atoms in total. The number of alkyl halides is 3. The molecule has 1 aliphatic heterocycles. The molecule has 0 radical (unpaired) electrons. The molecular weight excluding hydrogens is 462 g/mol. The van der Waals surface area contributed by atoms with Gasteiger partial charge < -0.3 is 23.8 Å². The lowest BCUT2D eigenvalue weighted by atomic mass is 10.0. The molecule has 4 heterocycles. The quantitative estimate of drug-likeness (QED) is 0.430. The summed E-state index contributed by atoms with van der Waals surface area (Å²) in [7, 11) is 0. The van der Waals surface area contributed by atoms with Gasteiger partial charge in [-0.25, -0.2) is 19.3 Å². The van der Waals surface area contributed by atoms with Gasteiger partial charge in [0.2, 0.25) is 17.5 Å². The number of benzene rings is 1. The molecule has 4 aromatic rings. The first kappa shape index (κ1) is 22.1. The molecule has 0 saturated heterocycles. The number of carbonyl (C=O) groups is 1. The Balaban J connectivity index is 1.64. The highest BCUT2D eigenvalue weighted by atomic mass is 19.4. The van der Waals surface area contributed by atoms with Crippen LogP contribution in [0.5, 0.6) is 0 Å². The fourth-order valence-electron chi connectivity index (χ4n) is 3.83. The van der Waals surface area contributed by atoms with Crippen molar-refractivity contribution in [1.82, 2.24) is 24.8 Å². The second-order valence-electron chi connectivity index (χ2n) is 8.34. The van der Waals surface area contributed by atoms with Crippen LogP contribution in [0.2, 0.25) is 0 Å². The van der Waals surface area contributed by atoms with E-state index in [4.69, 9.17) is 8.83 Å². The predicted molar refractivity (Wildman–Crippen MR) is 106 cm³/mol. The van der Waals surface area contributed by atoms with Gasteiger partial charge in [-0.3, -0.25) is 4.79 Å². The van der Waals surface area contributed by atoms with Gasteiger partial charge in [0.1, 0.15) is 16.9 Å². The van der Waals surface area contributed by atoms with Crippen molar-refractivity contribution in [3.8, 4) is 0 Å². The molecule has 34 heavy (non-hydrogen) atoms. The Labute approximate surface area is 188 Å². The average Bonchev–Trinajstić information content (AvgIpc) is 3.48. The fourth-order valence-corrected chi connectivity index (χ4v) is 3.83. The molecule has 178 valence electrons. The molecule has 0 bridgehead atoms. The maximum absolute atomic E-state index is 13.7. The number of nitrogens with one attached hydrogen (secondary N) is 1. The minimum atomic E-state index is -5.02. The number of oxazole rings is 2. The minimum absolute atomic E-state index is 0.0262. The molecule has 5 rings (SSSR count). The van der Waals surface area contributed by atoms with Crippen LogP contribution in [-0.2, 0) is 18.2 Å². The first-order valence-corrected chi connectivity index (χ1v) is 10.1. The highest BCUT2D eigenvalue weighted by Gasteiger charge is 2.46. The molecule has 0 aliphatic carbocycles. The number of fused-ring (bicyclic) bond motifs is 2. The van der Waals surface area contributed by atoms with E-state index in [0.29, 0.717) is 11.4 Å². The summed E-state index contributed by atoms with van der Waals surface area (Å²) in [5.41, 5.74) is -2.05. The normalized spacial score (nSPS) is 16.8. The van der Waals surface area contributed by atoms with Crippen LogP contribution in [0.15, 0.2) is 33.4 Å². The molecule has 2 N–H and O–H groups in total. The fraction of sp³-hybridized carbons (Fsp3) is 0.333. The largest absolute Gasteiger partial charge is 0.438 e. The van der Waals surface area contributed by atoms with Gasteiger partial charge in [0.05, 0.1) is 12.0 Å². The predicted octanol–water partition coefficient (Wildman–Crippen LogP) is 3.71. The van der Waals surface area contributed by atoms with Crippen LogP contribution < -0.4 is 0 Å². The Hall–Kier alpha value is -3.74. The second kappa shape index (κ2) is 7.38. The van der Waals surface area contributed by atoms with Crippen LogP contribution in [0.1, 0.15) is 59.3 Å². The number of imidazole rings is 1. The SMILES string of the molecule is CC(C)(O)c1nc(C(F)(F)F)c(C(=O)N2CCc3[nH]cnc3[C@H]2c2nc3cc(F)ccc3o2)o1. The molecule has 0 spiro atoms. The number of aliphatic hydroxyl groups is 1. The van der Waals surface area contributed by atoms with Gasteiger partial charge in [-0.05, 0) is 26.0 Å². The first-order chi connectivity index (χ1) is 15.9. The maximum Gasteiger partial charge on any atom is 0.437 e. The van der Waals surface area contributed by atoms with Gasteiger partial charge in [-0.15, -0.1) is 0 Å². The number of halogens is 4. The summed E-state index contributed by atoms with van der Waals surface area (Å²) in [5, 5.41) is 10.1. The molecule has 13 heteroatoms. The smallest absolute Gasteiger partial charge is 0.437 e. The lowest BCUT2D eigenvalue weighted by molar-refractivity contribution is -0.141. The van der Waals surface area contributed by atoms with E-state index >= 15 is 0 Å². The summed E-state index contributed by atoms with van der Waals surface area (Å²) in [6, 6.07) is 2.55. The Morgan fingerprint density at radius 2 is 2.00 bits per heavy atom. The van der Waals surface area contributed by atoms with E-state index in [2.05, 4.69) is 19.9 Å². The Kier molecular flexibility index (Phi) is 4.79. The zero-order valence-corrected chi connectivity index (χ0v) is 17.8. The van der Waals surface area contributed by atoms with Crippen LogP contribution >= 0.6 is 0 Å². The van der Waals surface area contributed by atoms with Crippen LogP contribution in [0.25, 0.3) is 11.1 Å². The van der Waals surface area contributed by atoms with Gasteiger partial charge in [0.15, 0.2) is 17.3 Å². The van der Waals surface area contributed by atoms with E-state index in [1.54, 1.807) is 0 Å². The van der Waals surface area contributed by atoms with Crippen molar-refractivity contribution in [3.05, 3.63) is 65.0 Å². The van der Waals surface area contributed by atoms with Crippen molar-refractivity contribution in [2.24, 2.45) is 0 Å². The van der Waals surface area contributed by atoms with Crippen molar-refractivity contribution in [3.63, 3.8) is 0 Å². The summed E-state index contributed by atoms with van der Waals surface area (Å²) in [5.74, 6) is -3.48. The van der Waals surface area contributed by atoms with Crippen molar-refractivity contribution in [2.45, 2.75) is 38.1 Å². The summed E-state index contributed by atoms with van der Waals surface area (Å²) < 4.78 is 65.6. The highest BCUT2D eigenvalue weighted by Crippen LogP contribution is 2.39. The second-order valence-corrected chi connectivity index (χ2v) is 8.34. The van der Waals surface area contributed by atoms with Gasteiger partial charge in [-0.2, -0.15) is 13.2 Å². The third-order valence-electron chi connectivity index (χ3n) is 5.40. The van der Waals surface area contributed by atoms with E-state index in [1.165, 1.54) is 32.3 Å².